The van der Waals surface area contributed by atoms with E-state index < -0.39 is 0 Å². The van der Waals surface area contributed by atoms with Crippen LogP contribution >= 0.6 is 0 Å². The Kier molecular flexibility index (Phi) is 66.0. The second-order valence-electron chi connectivity index (χ2n) is 10.0. The van der Waals surface area contributed by atoms with Crippen molar-refractivity contribution in [2.24, 2.45) is 0 Å². The minimum Gasteiger partial charge on any atom is -0.792 e. The van der Waals surface area contributed by atoms with E-state index in [-0.39, 0.29) is 35.8 Å². The summed E-state index contributed by atoms with van der Waals surface area (Å²) in [6, 6.07) is 0. The maximum atomic E-state index is 11.0. The van der Waals surface area contributed by atoms with E-state index in [1.165, 1.54) is 103 Å². The number of carbonyl (C=O) groups excluding carboxylic acids is 2. The van der Waals surface area contributed by atoms with E-state index >= 15 is 0 Å². The minimum atomic E-state index is -0.141. The maximum Gasteiger partial charge on any atom is 2.00 e. The molecule has 244 valence electrons. The van der Waals surface area contributed by atoms with Crippen LogP contribution in [0.4, 0.5) is 0 Å². The molecule has 41 heavy (non-hydrogen) atoms. The fraction of sp³-hybridized carbons (Fsp3) is 0.882. The Balaban J connectivity index is -0.000000163. The van der Waals surface area contributed by atoms with Crippen molar-refractivity contribution < 1.29 is 19.1 Å². The first-order valence-corrected chi connectivity index (χ1v) is 17.7. The number of hydrogen-bond acceptors (Lipinski definition) is 6. The van der Waals surface area contributed by atoms with Crippen LogP contribution in [-0.2, 0) is 44.3 Å². The molecular weight excluding hydrogens is 655 g/mol. The molecule has 4 radical (unpaired) electrons. The van der Waals surface area contributed by atoms with Gasteiger partial charge in [-0.05, 0) is 12.8 Å². The van der Waals surface area contributed by atoms with Crippen LogP contribution in [0.2, 0.25) is 0 Å². The number of rotatable bonds is 24. The number of esters is 2. The standard InChI is InChI=1S/2C13H26O2S.2C4H9.Sn/c2*1-2-3-4-5-6-7-8-9-11-15-13(14)10-12-16;2*1-3-4-2;/h2*16H,2-12H2,1H3;2*1,3-4H2,2H3;/q;;;;+2/p-2. The molecule has 4 nitrogen and oxygen atoms in total. The van der Waals surface area contributed by atoms with Crippen molar-refractivity contribution in [2.75, 3.05) is 24.7 Å². The van der Waals surface area contributed by atoms with Crippen molar-refractivity contribution in [3.8, 4) is 0 Å². The van der Waals surface area contributed by atoms with Crippen molar-refractivity contribution >= 4 is 61.1 Å². The van der Waals surface area contributed by atoms with E-state index in [9.17, 15) is 9.59 Å². The summed E-state index contributed by atoms with van der Waals surface area (Å²) >= 11 is 9.40. The largest absolute Gasteiger partial charge is 2.00 e. The summed E-state index contributed by atoms with van der Waals surface area (Å²) in [5.41, 5.74) is 0. The molecule has 0 saturated carbocycles. The van der Waals surface area contributed by atoms with Crippen molar-refractivity contribution in [2.45, 2.75) is 169 Å². The summed E-state index contributed by atoms with van der Waals surface area (Å²) in [5, 5.41) is 0. The van der Waals surface area contributed by atoms with Crippen LogP contribution in [0.5, 0.6) is 0 Å². The SMILES string of the molecule is CCCCCCCCCCOC(=O)CC[S-].CCCCCCCCCCOC(=O)CC[S-].[CH2]CCC.[CH2]CCC.[Sn+2]. The number of hydrogen-bond donors (Lipinski definition) is 0. The molecule has 0 heterocycles. The van der Waals surface area contributed by atoms with Gasteiger partial charge in [0.2, 0.25) is 0 Å². The van der Waals surface area contributed by atoms with Gasteiger partial charge in [0.1, 0.15) is 0 Å². The molecule has 0 aromatic carbocycles. The zero-order valence-corrected chi connectivity index (χ0v) is 32.2. The van der Waals surface area contributed by atoms with E-state index in [4.69, 9.17) is 34.7 Å². The summed E-state index contributed by atoms with van der Waals surface area (Å²) in [4.78, 5) is 21.9. The third-order valence-corrected chi connectivity index (χ3v) is 6.25. The monoisotopic (exact) mass is 724 g/mol. The number of unbranched alkanes of at least 4 members (excludes halogenated alkanes) is 16. The normalized spacial score (nSPS) is 9.56. The molecule has 0 aliphatic rings. The molecule has 0 saturated heterocycles. The van der Waals surface area contributed by atoms with E-state index in [0.717, 1.165) is 25.7 Å². The van der Waals surface area contributed by atoms with Gasteiger partial charge in [0.25, 0.3) is 0 Å². The molecule has 0 N–H and O–H groups in total. The summed E-state index contributed by atoms with van der Waals surface area (Å²) < 4.78 is 10.0. The molecule has 0 aliphatic heterocycles. The van der Waals surface area contributed by atoms with E-state index in [0.29, 0.717) is 37.6 Å². The number of carbonyl (C=O) groups is 2. The smallest absolute Gasteiger partial charge is 0.792 e. The van der Waals surface area contributed by atoms with Gasteiger partial charge in [0.15, 0.2) is 0 Å². The van der Waals surface area contributed by atoms with Gasteiger partial charge in [0.05, 0.1) is 13.2 Å². The Morgan fingerprint density at radius 2 is 0.732 bits per heavy atom. The topological polar surface area (TPSA) is 52.6 Å². The molecule has 0 aromatic heterocycles. The van der Waals surface area contributed by atoms with Gasteiger partial charge in [0, 0.05) is 12.8 Å². The summed E-state index contributed by atoms with van der Waals surface area (Å²) in [6.07, 6.45) is 25.6. The molecule has 0 spiro atoms. The zero-order chi connectivity index (χ0) is 31.0. The van der Waals surface area contributed by atoms with Crippen molar-refractivity contribution in [3.05, 3.63) is 13.8 Å². The molecule has 0 rings (SSSR count). The maximum absolute atomic E-state index is 11.0. The first-order valence-electron chi connectivity index (χ1n) is 16.5. The van der Waals surface area contributed by atoms with Crippen LogP contribution < -0.4 is 0 Å². The van der Waals surface area contributed by atoms with Gasteiger partial charge in [-0.3, -0.25) is 9.59 Å². The molecule has 0 amide bonds. The predicted octanol–water partition coefficient (Wildman–Crippen LogP) is 10.1. The molecule has 7 heteroatoms. The van der Waals surface area contributed by atoms with Crippen molar-refractivity contribution in [3.63, 3.8) is 0 Å². The Labute approximate surface area is 286 Å². The second kappa shape index (κ2) is 53.0. The van der Waals surface area contributed by atoms with Crippen molar-refractivity contribution in [1.82, 2.24) is 0 Å². The molecule has 0 atom stereocenters. The van der Waals surface area contributed by atoms with Crippen LogP contribution in [0.1, 0.15) is 169 Å². The number of ether oxygens (including phenoxy) is 2. The molecule has 0 aromatic rings. The third kappa shape index (κ3) is 64.5. The van der Waals surface area contributed by atoms with E-state index in [1.54, 1.807) is 0 Å². The molecular formula is C34H68O4S2Sn. The molecule has 0 unspecified atom stereocenters. The average molecular weight is 724 g/mol. The Hall–Kier alpha value is 0.439. The van der Waals surface area contributed by atoms with Gasteiger partial charge in [-0.15, -0.1) is 0 Å². The zero-order valence-electron chi connectivity index (χ0n) is 27.7. The summed E-state index contributed by atoms with van der Waals surface area (Å²) in [6.45, 7) is 17.1. The quantitative estimate of drug-likeness (QED) is 0.0428. The van der Waals surface area contributed by atoms with Gasteiger partial charge in [-0.25, -0.2) is 0 Å². The van der Waals surface area contributed by atoms with Crippen LogP contribution in [0.25, 0.3) is 0 Å². The fourth-order valence-electron chi connectivity index (χ4n) is 3.15. The molecule has 0 bridgehead atoms. The van der Waals surface area contributed by atoms with Crippen LogP contribution in [-0.4, -0.2) is 60.6 Å². The van der Waals surface area contributed by atoms with E-state index in [1.807, 2.05) is 0 Å². The average Bonchev–Trinajstić information content (AvgIpc) is 2.96. The minimum absolute atomic E-state index is 0. The first-order chi connectivity index (χ1) is 19.4. The van der Waals surface area contributed by atoms with Crippen molar-refractivity contribution in [1.29, 1.82) is 0 Å². The van der Waals surface area contributed by atoms with Crippen LogP contribution in [0.3, 0.4) is 0 Å². The Morgan fingerprint density at radius 1 is 0.488 bits per heavy atom. The van der Waals surface area contributed by atoms with Gasteiger partial charge < -0.3 is 34.7 Å². The van der Waals surface area contributed by atoms with Gasteiger partial charge >= 0.3 is 35.8 Å². The van der Waals surface area contributed by atoms with Gasteiger partial charge in [-0.1, -0.05) is 157 Å². The van der Waals surface area contributed by atoms with Crippen LogP contribution in [0.15, 0.2) is 0 Å². The van der Waals surface area contributed by atoms with Gasteiger partial charge in [-0.2, -0.15) is 11.5 Å². The van der Waals surface area contributed by atoms with E-state index in [2.05, 4.69) is 41.5 Å². The third-order valence-electron chi connectivity index (χ3n) is 5.84. The molecule has 0 fully saturated rings. The fourth-order valence-corrected chi connectivity index (χ4v) is 3.49. The first kappa shape index (κ1) is 51.0. The van der Waals surface area contributed by atoms with Crippen LogP contribution in [0, 0.1) is 13.8 Å². The second-order valence-corrected chi connectivity index (χ2v) is 10.8. The Bertz CT molecular complexity index is 410. The molecule has 0 aliphatic carbocycles. The summed E-state index contributed by atoms with van der Waals surface area (Å²) in [7, 11) is 0. The Morgan fingerprint density at radius 3 is 0.951 bits per heavy atom. The predicted molar refractivity (Wildman–Crippen MR) is 187 cm³/mol. The summed E-state index contributed by atoms with van der Waals surface area (Å²) in [5.74, 6) is 0.655.